The van der Waals surface area contributed by atoms with E-state index in [0.717, 1.165) is 6.04 Å². The molecule has 1 nitrogen and oxygen atoms in total. The first-order valence-corrected chi connectivity index (χ1v) is 18.2. The molecular weight excluding hydrogens is 390 g/mol. The van der Waals surface area contributed by atoms with Crippen LogP contribution in [0.1, 0.15) is 79.1 Å². The van der Waals surface area contributed by atoms with Gasteiger partial charge in [0.15, 0.2) is 0 Å². The van der Waals surface area contributed by atoms with Crippen LogP contribution in [0.4, 0.5) is 0 Å². The second-order valence-corrected chi connectivity index (χ2v) is 20.3. The van der Waals surface area contributed by atoms with Crippen LogP contribution >= 0.6 is 0 Å². The van der Waals surface area contributed by atoms with Crippen molar-refractivity contribution in [2.75, 3.05) is 0 Å². The summed E-state index contributed by atoms with van der Waals surface area (Å²) in [5, 5.41) is 1.67. The van der Waals surface area contributed by atoms with Gasteiger partial charge in [0, 0.05) is 0 Å². The van der Waals surface area contributed by atoms with E-state index < -0.39 is 24.0 Å². The maximum atomic E-state index is 4.44. The minimum atomic E-state index is -1.55. The Labute approximate surface area is 181 Å². The van der Waals surface area contributed by atoms with Crippen molar-refractivity contribution in [3.8, 4) is 0 Å². The van der Waals surface area contributed by atoms with Gasteiger partial charge in [-0.05, 0) is 0 Å². The molecule has 0 saturated heterocycles. The fraction of sp³-hybridized carbons (Fsp3) is 0.600. The van der Waals surface area contributed by atoms with E-state index in [-0.39, 0.29) is 0 Å². The molecule has 0 aromatic heterocycles. The summed E-state index contributed by atoms with van der Waals surface area (Å²) in [5.41, 5.74) is 4.85. The summed E-state index contributed by atoms with van der Waals surface area (Å²) in [6.45, 7) is 11.3. The topological polar surface area (TPSA) is 12.0 Å². The van der Waals surface area contributed by atoms with Gasteiger partial charge in [0.2, 0.25) is 0 Å². The summed E-state index contributed by atoms with van der Waals surface area (Å²) in [7, 11) is 0. The molecule has 0 aliphatic heterocycles. The monoisotopic (exact) mass is 430 g/mol. The van der Waals surface area contributed by atoms with Crippen LogP contribution in [0.2, 0.25) is 6.55 Å². The quantitative estimate of drug-likeness (QED) is 0.554. The summed E-state index contributed by atoms with van der Waals surface area (Å²) in [6, 6.07) is 12.3. The predicted molar refractivity (Wildman–Crippen MR) is 123 cm³/mol. The van der Waals surface area contributed by atoms with Crippen molar-refractivity contribution in [3.63, 3.8) is 0 Å². The molecule has 1 N–H and O–H groups in total. The third-order valence-electron chi connectivity index (χ3n) is 7.38. The third kappa shape index (κ3) is 5.19. The van der Waals surface area contributed by atoms with Crippen molar-refractivity contribution < 1.29 is 17.4 Å². The Balaban J connectivity index is 1.88. The van der Waals surface area contributed by atoms with Gasteiger partial charge in [-0.2, -0.15) is 0 Å². The fourth-order valence-electron chi connectivity index (χ4n) is 5.14. The summed E-state index contributed by atoms with van der Waals surface area (Å²) < 4.78 is 6.31. The van der Waals surface area contributed by atoms with Gasteiger partial charge in [-0.25, -0.2) is 0 Å². The van der Waals surface area contributed by atoms with Crippen LogP contribution in [0.15, 0.2) is 50.9 Å². The molecule has 2 aliphatic rings. The van der Waals surface area contributed by atoms with Crippen LogP contribution in [0.5, 0.6) is 0 Å². The Morgan fingerprint density at radius 3 is 1.96 bits per heavy atom. The molecule has 1 fully saturated rings. The molecule has 1 aromatic rings. The van der Waals surface area contributed by atoms with Gasteiger partial charge < -0.3 is 0 Å². The Bertz CT molecular complexity index is 699. The van der Waals surface area contributed by atoms with E-state index >= 15 is 0 Å². The molecule has 2 atom stereocenters. The van der Waals surface area contributed by atoms with Crippen LogP contribution in [0, 0.1) is 5.92 Å². The van der Waals surface area contributed by atoms with E-state index in [2.05, 4.69) is 68.4 Å². The molecule has 28 heavy (non-hydrogen) atoms. The van der Waals surface area contributed by atoms with Crippen molar-refractivity contribution in [2.24, 2.45) is 5.92 Å². The summed E-state index contributed by atoms with van der Waals surface area (Å²) >= 11 is -1.55. The zero-order valence-electron chi connectivity index (χ0n) is 18.8. The molecule has 1 saturated carbocycles. The van der Waals surface area contributed by atoms with E-state index in [1.165, 1.54) is 51.4 Å². The molecule has 1 aromatic carbocycles. The van der Waals surface area contributed by atoms with Gasteiger partial charge in [0.1, 0.15) is 0 Å². The van der Waals surface area contributed by atoms with Gasteiger partial charge in [0.25, 0.3) is 0 Å². The molecule has 0 amide bonds. The zero-order valence-corrected chi connectivity index (χ0v) is 21.5. The van der Waals surface area contributed by atoms with E-state index in [0.29, 0.717) is 5.92 Å². The average molecular weight is 431 g/mol. The molecule has 0 heterocycles. The zero-order chi connectivity index (χ0) is 20.1. The summed E-state index contributed by atoms with van der Waals surface area (Å²) in [4.78, 5) is 0. The molecule has 3 rings (SSSR count). The predicted octanol–water partition coefficient (Wildman–Crippen LogP) is 6.13. The second kappa shape index (κ2) is 10.6. The SMILES string of the molecule is CC1=C(C)C(C)[C]([Ti]([NH]C2CCCCCCCC2)[SiH](C)c2ccccc2)=C1C. The molecule has 3 heteroatoms. The third-order valence-corrected chi connectivity index (χ3v) is 20.5. The summed E-state index contributed by atoms with van der Waals surface area (Å²) in [5.74, 6) is 0.664. The van der Waals surface area contributed by atoms with Crippen molar-refractivity contribution in [1.82, 2.24) is 3.80 Å². The van der Waals surface area contributed by atoms with E-state index in [1.54, 1.807) is 21.9 Å². The Kier molecular flexibility index (Phi) is 8.41. The van der Waals surface area contributed by atoms with E-state index in [4.69, 9.17) is 0 Å². The summed E-state index contributed by atoms with van der Waals surface area (Å²) in [6.07, 6.45) is 11.4. The first kappa shape index (κ1) is 22.3. The molecule has 2 aliphatic carbocycles. The Morgan fingerprint density at radius 1 is 0.857 bits per heavy atom. The molecule has 0 spiro atoms. The normalized spacial score (nSPS) is 23.4. The van der Waals surface area contributed by atoms with Crippen molar-refractivity contribution in [3.05, 3.63) is 50.9 Å². The number of rotatable bonds is 5. The molecule has 153 valence electrons. The number of nitrogens with one attached hydrogen (secondary N) is 1. The average Bonchev–Trinajstić information content (AvgIpc) is 2.99. The maximum absolute atomic E-state index is 4.44. The van der Waals surface area contributed by atoms with Gasteiger partial charge in [-0.1, -0.05) is 0 Å². The minimum absolute atomic E-state index is 0.664. The number of hydrogen-bond acceptors (Lipinski definition) is 1. The standard InChI is InChI=1S/C9H18N.C9H13.C7H9Si.Ti/c10-9-7-5-3-1-2-4-6-8-9;1-6-5-7(2)9(4)8(6)3;1-8-7-5-3-2-4-6-7;/h9-10H,1-8H2;6H,1-4H3;2-6,8H,1H3;/q-1;;;+1. The van der Waals surface area contributed by atoms with Crippen LogP contribution in [-0.4, -0.2) is 12.7 Å². The number of hydrogen-bond donors (Lipinski definition) is 1. The van der Waals surface area contributed by atoms with Gasteiger partial charge >= 0.3 is 182 Å². The van der Waals surface area contributed by atoms with E-state index in [1.807, 2.05) is 3.88 Å². The first-order chi connectivity index (χ1) is 13.5. The number of benzene rings is 1. The Morgan fingerprint density at radius 2 is 1.43 bits per heavy atom. The van der Waals surface area contributed by atoms with Crippen molar-refractivity contribution in [2.45, 2.75) is 91.7 Å². The van der Waals surface area contributed by atoms with Crippen LogP contribution in [0.25, 0.3) is 0 Å². The van der Waals surface area contributed by atoms with E-state index in [9.17, 15) is 0 Å². The van der Waals surface area contributed by atoms with Gasteiger partial charge in [-0.3, -0.25) is 0 Å². The van der Waals surface area contributed by atoms with Crippen LogP contribution < -0.4 is 8.99 Å². The molecule has 0 radical (unpaired) electrons. The molecule has 2 unspecified atom stereocenters. The second-order valence-electron chi connectivity index (χ2n) is 9.15. The van der Waals surface area contributed by atoms with Crippen molar-refractivity contribution >= 4 is 11.8 Å². The first-order valence-electron chi connectivity index (χ1n) is 11.6. The molecular formula is C25H40NSiTi. The van der Waals surface area contributed by atoms with Crippen LogP contribution in [0.3, 0.4) is 0 Å². The fourth-order valence-corrected chi connectivity index (χ4v) is 19.1. The van der Waals surface area contributed by atoms with Gasteiger partial charge in [0.05, 0.1) is 0 Å². The van der Waals surface area contributed by atoms with Crippen LogP contribution in [-0.2, 0) is 17.4 Å². The van der Waals surface area contributed by atoms with Crippen molar-refractivity contribution in [1.29, 1.82) is 0 Å². The van der Waals surface area contributed by atoms with Gasteiger partial charge in [-0.15, -0.1) is 0 Å². The Hall–Kier alpha value is -0.409. The number of allylic oxidation sites excluding steroid dienone is 4. The molecule has 0 bridgehead atoms.